The predicted octanol–water partition coefficient (Wildman–Crippen LogP) is 0.520. The summed E-state index contributed by atoms with van der Waals surface area (Å²) < 4.78 is 16.1. The van der Waals surface area contributed by atoms with Gasteiger partial charge in [0, 0.05) is 13.1 Å². The first-order valence-corrected chi connectivity index (χ1v) is 14.8. The Kier molecular flexibility index (Phi) is 10.9. The molecule has 0 spiro atoms. The molecule has 3 aliphatic rings. The van der Waals surface area contributed by atoms with Gasteiger partial charge in [-0.25, -0.2) is 0 Å². The van der Waals surface area contributed by atoms with Gasteiger partial charge < -0.3 is 40.6 Å². The van der Waals surface area contributed by atoms with Gasteiger partial charge in [-0.2, -0.15) is 0 Å². The number of hydrogen-bond acceptors (Lipinski definition) is 9. The molecule has 0 bridgehead atoms. The zero-order valence-electron chi connectivity index (χ0n) is 24.6. The van der Waals surface area contributed by atoms with Crippen molar-refractivity contribution >= 4 is 23.5 Å². The van der Waals surface area contributed by atoms with Gasteiger partial charge in [0.1, 0.15) is 29.5 Å². The maximum Gasteiger partial charge on any atom is 0.246 e. The van der Waals surface area contributed by atoms with Crippen molar-refractivity contribution in [1.82, 2.24) is 21.3 Å². The van der Waals surface area contributed by atoms with E-state index in [1.807, 2.05) is 0 Å². The van der Waals surface area contributed by atoms with E-state index >= 15 is 0 Å². The highest BCUT2D eigenvalue weighted by Gasteiger charge is 2.50. The van der Waals surface area contributed by atoms with Crippen LogP contribution in [-0.2, 0) is 28.7 Å². The van der Waals surface area contributed by atoms with E-state index in [0.717, 1.165) is 32.2 Å². The number of carbonyl (C=O) groups excluding carboxylic acids is 4. The van der Waals surface area contributed by atoms with E-state index in [0.29, 0.717) is 36.8 Å². The summed E-state index contributed by atoms with van der Waals surface area (Å²) in [6, 6.07) is 3.21. The lowest BCUT2D eigenvalue weighted by Crippen LogP contribution is -2.58. The van der Waals surface area contributed by atoms with E-state index in [4.69, 9.17) is 14.2 Å². The van der Waals surface area contributed by atoms with Crippen LogP contribution in [0, 0.1) is 5.92 Å². The molecule has 2 aliphatic heterocycles. The molecule has 6 atom stereocenters. The quantitative estimate of drug-likeness (QED) is 0.195. The maximum atomic E-state index is 13.7. The van der Waals surface area contributed by atoms with E-state index < -0.39 is 41.6 Å². The minimum Gasteiger partial charge on any atom is -0.497 e. The minimum absolute atomic E-state index is 0.0782. The third kappa shape index (κ3) is 8.50. The van der Waals surface area contributed by atoms with Crippen LogP contribution in [0.4, 0.5) is 0 Å². The standard InChI is InChI=1S/C30H44N4O8/c1-18(32-24(35)15-22-16-31-12-13-41-22)28(38)34-25(26(36)20-8-10-21(40-3)11-9-20)29(39)33-23(14-19-6-4-5-7-19)27(37)30(2)17-42-30/h8-11,18-19,22-23,25-26,31,36H,4-7,12-17H2,1-3H3,(H,32,35)(H,33,39)(H,34,38)/t18-,22?,23-,25-,26+,30+/m0/s1. The minimum atomic E-state index is -1.44. The summed E-state index contributed by atoms with van der Waals surface area (Å²) in [5.74, 6) is -1.10. The van der Waals surface area contributed by atoms with Crippen LogP contribution in [0.2, 0.25) is 0 Å². The smallest absolute Gasteiger partial charge is 0.246 e. The number of rotatable bonds is 14. The number of epoxide rings is 1. The van der Waals surface area contributed by atoms with Gasteiger partial charge >= 0.3 is 0 Å². The maximum absolute atomic E-state index is 13.7. The van der Waals surface area contributed by atoms with Crippen molar-refractivity contribution in [2.45, 2.75) is 88.3 Å². The molecule has 12 nitrogen and oxygen atoms in total. The summed E-state index contributed by atoms with van der Waals surface area (Å²) in [5, 5.41) is 22.5. The molecule has 2 saturated heterocycles. The van der Waals surface area contributed by atoms with Crippen molar-refractivity contribution in [2.75, 3.05) is 33.4 Å². The molecule has 42 heavy (non-hydrogen) atoms. The van der Waals surface area contributed by atoms with E-state index in [-0.39, 0.29) is 30.8 Å². The van der Waals surface area contributed by atoms with Crippen LogP contribution in [0.15, 0.2) is 24.3 Å². The molecule has 3 fully saturated rings. The number of aliphatic hydroxyl groups is 1. The fraction of sp³-hybridized carbons (Fsp3) is 0.667. The monoisotopic (exact) mass is 588 g/mol. The van der Waals surface area contributed by atoms with Crippen LogP contribution < -0.4 is 26.0 Å². The molecule has 12 heteroatoms. The van der Waals surface area contributed by atoms with Crippen molar-refractivity contribution in [1.29, 1.82) is 0 Å². The van der Waals surface area contributed by atoms with Gasteiger partial charge in [0.15, 0.2) is 5.78 Å². The lowest BCUT2D eigenvalue weighted by atomic mass is 9.90. The Morgan fingerprint density at radius 1 is 1.10 bits per heavy atom. The molecule has 232 valence electrons. The fourth-order valence-electron chi connectivity index (χ4n) is 5.57. The van der Waals surface area contributed by atoms with Gasteiger partial charge in [-0.15, -0.1) is 0 Å². The number of benzene rings is 1. The van der Waals surface area contributed by atoms with Crippen LogP contribution in [0.5, 0.6) is 5.75 Å². The summed E-state index contributed by atoms with van der Waals surface area (Å²) in [5.41, 5.74) is -0.577. The second-order valence-corrected chi connectivity index (χ2v) is 11.7. The first kappa shape index (κ1) is 31.9. The van der Waals surface area contributed by atoms with Gasteiger partial charge in [-0.3, -0.25) is 19.2 Å². The largest absolute Gasteiger partial charge is 0.497 e. The van der Waals surface area contributed by atoms with Crippen molar-refractivity contribution in [3.8, 4) is 5.75 Å². The van der Waals surface area contributed by atoms with Crippen LogP contribution in [-0.4, -0.2) is 91.9 Å². The predicted molar refractivity (Wildman–Crippen MR) is 153 cm³/mol. The average molecular weight is 589 g/mol. The molecule has 4 rings (SSSR count). The second-order valence-electron chi connectivity index (χ2n) is 11.7. The van der Waals surface area contributed by atoms with Crippen molar-refractivity contribution in [2.24, 2.45) is 5.92 Å². The van der Waals surface area contributed by atoms with Crippen molar-refractivity contribution in [3.05, 3.63) is 29.8 Å². The van der Waals surface area contributed by atoms with Crippen LogP contribution in [0.25, 0.3) is 0 Å². The zero-order chi connectivity index (χ0) is 30.3. The number of nitrogens with one attached hydrogen (secondary N) is 4. The number of hydrogen-bond donors (Lipinski definition) is 5. The highest BCUT2D eigenvalue weighted by Crippen LogP contribution is 2.33. The number of carbonyl (C=O) groups is 4. The van der Waals surface area contributed by atoms with Gasteiger partial charge in [0.05, 0.1) is 38.9 Å². The molecular weight excluding hydrogens is 544 g/mol. The Labute approximate surface area is 246 Å². The first-order chi connectivity index (χ1) is 20.1. The normalized spacial score (nSPS) is 25.0. The van der Waals surface area contributed by atoms with Crippen LogP contribution in [0.3, 0.4) is 0 Å². The van der Waals surface area contributed by atoms with Gasteiger partial charge in [0.2, 0.25) is 17.7 Å². The SMILES string of the molecule is COc1ccc([C@@H](O)[C@H](NC(=O)[C@H](C)NC(=O)CC2CNCCO2)C(=O)N[C@@H](CC2CCCC2)C(=O)[C@@]2(C)CO2)cc1. The molecular formula is C30H44N4O8. The number of amides is 3. The zero-order valence-corrected chi connectivity index (χ0v) is 24.6. The second kappa shape index (κ2) is 14.4. The molecule has 2 heterocycles. The molecule has 1 saturated carbocycles. The van der Waals surface area contributed by atoms with E-state index in [1.165, 1.54) is 14.0 Å². The van der Waals surface area contributed by atoms with Crippen LogP contribution >= 0.6 is 0 Å². The Hall–Kier alpha value is -3.06. The number of Topliss-reactive ketones (excluding diaryl/α,β-unsaturated/α-hetero) is 1. The molecule has 0 radical (unpaired) electrons. The summed E-state index contributed by atoms with van der Waals surface area (Å²) in [7, 11) is 1.51. The number of ether oxygens (including phenoxy) is 3. The molecule has 1 aromatic carbocycles. The van der Waals surface area contributed by atoms with E-state index in [2.05, 4.69) is 21.3 Å². The van der Waals surface area contributed by atoms with E-state index in [1.54, 1.807) is 31.2 Å². The lowest BCUT2D eigenvalue weighted by molar-refractivity contribution is -0.136. The third-order valence-corrected chi connectivity index (χ3v) is 8.32. The van der Waals surface area contributed by atoms with Gasteiger partial charge in [-0.05, 0) is 43.9 Å². The molecule has 1 unspecified atom stereocenters. The Bertz CT molecular complexity index is 1100. The first-order valence-electron chi connectivity index (χ1n) is 14.8. The average Bonchev–Trinajstić information content (AvgIpc) is 3.53. The molecule has 1 aromatic rings. The highest BCUT2D eigenvalue weighted by atomic mass is 16.6. The topological polar surface area (TPSA) is 168 Å². The van der Waals surface area contributed by atoms with Crippen LogP contribution in [0.1, 0.15) is 64.0 Å². The molecule has 1 aliphatic carbocycles. The number of morpholine rings is 1. The molecule has 3 amide bonds. The third-order valence-electron chi connectivity index (χ3n) is 8.32. The summed E-state index contributed by atoms with van der Waals surface area (Å²) in [6.07, 6.45) is 2.92. The summed E-state index contributed by atoms with van der Waals surface area (Å²) >= 11 is 0. The van der Waals surface area contributed by atoms with E-state index in [9.17, 15) is 24.3 Å². The summed E-state index contributed by atoms with van der Waals surface area (Å²) in [6.45, 7) is 5.25. The summed E-state index contributed by atoms with van der Waals surface area (Å²) in [4.78, 5) is 52.9. The lowest BCUT2D eigenvalue weighted by Gasteiger charge is -2.29. The molecule has 0 aromatic heterocycles. The number of ketones is 1. The number of methoxy groups -OCH3 is 1. The van der Waals surface area contributed by atoms with Crippen molar-refractivity contribution in [3.63, 3.8) is 0 Å². The highest BCUT2D eigenvalue weighted by molar-refractivity contribution is 5.98. The van der Waals surface area contributed by atoms with Crippen molar-refractivity contribution < 1.29 is 38.5 Å². The van der Waals surface area contributed by atoms with Gasteiger partial charge in [0.25, 0.3) is 0 Å². The van der Waals surface area contributed by atoms with Gasteiger partial charge in [-0.1, -0.05) is 37.8 Å². The number of aliphatic hydroxyl groups excluding tert-OH is 1. The Morgan fingerprint density at radius 2 is 1.79 bits per heavy atom. The Balaban J connectivity index is 1.47. The molecule has 5 N–H and O–H groups in total. The Morgan fingerprint density at radius 3 is 2.38 bits per heavy atom. The fourth-order valence-corrected chi connectivity index (χ4v) is 5.57.